The minimum Gasteiger partial charge on any atom is -0.478 e. The van der Waals surface area contributed by atoms with E-state index in [0.717, 1.165) is 43.1 Å². The number of rotatable bonds is 6. The Labute approximate surface area is 224 Å². The molecule has 0 aromatic rings. The minimum atomic E-state index is -0.978. The van der Waals surface area contributed by atoms with Gasteiger partial charge in [0.2, 0.25) is 5.24 Å². The third kappa shape index (κ3) is 23.1. The zero-order valence-corrected chi connectivity index (χ0v) is 24.6. The van der Waals surface area contributed by atoms with E-state index in [0.29, 0.717) is 16.7 Å². The summed E-state index contributed by atoms with van der Waals surface area (Å²) in [6.45, 7) is 16.4. The van der Waals surface area contributed by atoms with Gasteiger partial charge in [-0.05, 0) is 72.4 Å². The Hall–Kier alpha value is -2.65. The molecule has 0 aromatic heterocycles. The van der Waals surface area contributed by atoms with Crippen LogP contribution in [0, 0.1) is 0 Å². The van der Waals surface area contributed by atoms with Crippen LogP contribution in [-0.2, 0) is 28.6 Å². The van der Waals surface area contributed by atoms with E-state index in [9.17, 15) is 24.0 Å². The second-order valence-corrected chi connectivity index (χ2v) is 7.79. The van der Waals surface area contributed by atoms with E-state index >= 15 is 0 Å². The molecule has 0 amide bonds. The molecule has 0 unspecified atom stereocenters. The van der Waals surface area contributed by atoms with Gasteiger partial charge in [0.1, 0.15) is 0 Å². The molecule has 0 aliphatic heterocycles. The van der Waals surface area contributed by atoms with Crippen LogP contribution in [0.4, 0.5) is 9.59 Å². The number of hydrogen-bond acceptors (Lipinski definition) is 8. The van der Waals surface area contributed by atoms with Crippen LogP contribution in [0.2, 0.25) is 0 Å². The van der Waals surface area contributed by atoms with Crippen LogP contribution in [0.3, 0.4) is 0 Å². The lowest BCUT2D eigenvalue weighted by atomic mass is 10.1. The molecule has 0 atom stereocenters. The molecule has 0 bridgehead atoms. The Bertz CT molecular complexity index is 802. The van der Waals surface area contributed by atoms with Gasteiger partial charge in [-0.25, -0.2) is 19.2 Å². The molecule has 0 aliphatic rings. The van der Waals surface area contributed by atoms with Gasteiger partial charge in [-0.2, -0.15) is 0 Å². The highest BCUT2D eigenvalue weighted by Gasteiger charge is 2.13. The van der Waals surface area contributed by atoms with Crippen LogP contribution in [0.25, 0.3) is 0 Å². The maximum atomic E-state index is 11.1. The summed E-state index contributed by atoms with van der Waals surface area (Å²) in [5.74, 6) is -1.46. The summed E-state index contributed by atoms with van der Waals surface area (Å²) in [5.41, 5.74) is 3.74. The molecule has 0 rings (SSSR count). The Kier molecular flexibility index (Phi) is 27.1. The van der Waals surface area contributed by atoms with Crippen molar-refractivity contribution in [2.45, 2.75) is 81.6 Å². The fourth-order valence-corrected chi connectivity index (χ4v) is 1.68. The number of carbonyl (C=O) groups excluding carboxylic acids is 4. The first kappa shape index (κ1) is 40.5. The number of ether oxygens (including phenoxy) is 3. The van der Waals surface area contributed by atoms with Crippen LogP contribution < -0.4 is 0 Å². The van der Waals surface area contributed by atoms with Gasteiger partial charge >= 0.3 is 23.5 Å². The maximum Gasteiger partial charge on any atom is 0.516 e. The molecule has 1 N–H and O–H groups in total. The van der Waals surface area contributed by atoms with E-state index in [2.05, 4.69) is 25.8 Å². The first-order valence-corrected chi connectivity index (χ1v) is 11.7. The number of allylic oxidation sites excluding steroid dienone is 4. The predicted molar refractivity (Wildman–Crippen MR) is 141 cm³/mol. The number of halogens is 2. The van der Waals surface area contributed by atoms with E-state index < -0.39 is 23.5 Å². The second-order valence-electron chi connectivity index (χ2n) is 7.14. The van der Waals surface area contributed by atoms with E-state index in [1.807, 2.05) is 41.5 Å². The van der Waals surface area contributed by atoms with E-state index in [4.69, 9.17) is 16.7 Å². The average Bonchev–Trinajstić information content (AvgIpc) is 2.86. The van der Waals surface area contributed by atoms with Gasteiger partial charge in [0.05, 0.1) is 14.2 Å². The summed E-state index contributed by atoms with van der Waals surface area (Å²) >= 11 is 9.81. The van der Waals surface area contributed by atoms with Crippen molar-refractivity contribution in [1.29, 1.82) is 0 Å². The van der Waals surface area contributed by atoms with Gasteiger partial charge in [0.25, 0.3) is 0 Å². The molecule has 0 saturated heterocycles. The van der Waals surface area contributed by atoms with Crippen LogP contribution in [0.1, 0.15) is 81.6 Å². The molecule has 36 heavy (non-hydrogen) atoms. The fourth-order valence-electron chi connectivity index (χ4n) is 1.51. The summed E-state index contributed by atoms with van der Waals surface area (Å²) in [6, 6.07) is 0. The van der Waals surface area contributed by atoms with Crippen molar-refractivity contribution in [2.75, 3.05) is 14.2 Å². The molecule has 0 saturated carbocycles. The number of hydrogen-bond donors (Lipinski definition) is 1. The number of esters is 1. The predicted octanol–water partition coefficient (Wildman–Crippen LogP) is 7.35. The quantitative estimate of drug-likeness (QED) is 0.154. The molecule has 0 heterocycles. The average molecular weight is 555 g/mol. The van der Waals surface area contributed by atoms with Crippen molar-refractivity contribution in [2.24, 2.45) is 0 Å². The number of carboxylic acid groups (broad SMARTS) is 1. The van der Waals surface area contributed by atoms with E-state index in [1.165, 1.54) is 7.11 Å². The first-order chi connectivity index (χ1) is 16.5. The molecular weight excluding hydrogens is 515 g/mol. The Morgan fingerprint density at radius 1 is 0.639 bits per heavy atom. The molecular formula is C25H40Cl2O9. The normalized spacial score (nSPS) is 11.6. The van der Waals surface area contributed by atoms with Gasteiger partial charge < -0.3 is 19.3 Å². The summed E-state index contributed by atoms with van der Waals surface area (Å²) in [5, 5.41) is 8.09. The van der Waals surface area contributed by atoms with Crippen molar-refractivity contribution in [3.05, 3.63) is 33.4 Å². The monoisotopic (exact) mass is 554 g/mol. The van der Waals surface area contributed by atoms with Gasteiger partial charge in [0, 0.05) is 28.3 Å². The minimum absolute atomic E-state index is 0.339. The molecule has 0 fully saturated rings. The molecule has 11 heteroatoms. The molecule has 9 nitrogen and oxygen atoms in total. The van der Waals surface area contributed by atoms with Gasteiger partial charge in [-0.15, -0.1) is 0 Å². The summed E-state index contributed by atoms with van der Waals surface area (Å²) in [6.07, 6.45) is 1.48. The highest BCUT2D eigenvalue weighted by Crippen LogP contribution is 2.10. The topological polar surface area (TPSA) is 133 Å². The lowest BCUT2D eigenvalue weighted by molar-refractivity contribution is -0.135. The van der Waals surface area contributed by atoms with Crippen LogP contribution >= 0.6 is 23.2 Å². The lowest BCUT2D eigenvalue weighted by Crippen LogP contribution is -2.13. The molecule has 0 radical (unpaired) electrons. The number of methoxy groups -OCH3 is 2. The lowest BCUT2D eigenvalue weighted by Gasteiger charge is -2.03. The third-order valence-electron chi connectivity index (χ3n) is 4.94. The Morgan fingerprint density at radius 2 is 0.972 bits per heavy atom. The molecule has 0 aliphatic carbocycles. The summed E-state index contributed by atoms with van der Waals surface area (Å²) < 4.78 is 12.4. The Morgan fingerprint density at radius 3 is 1.17 bits per heavy atom. The van der Waals surface area contributed by atoms with Crippen molar-refractivity contribution in [3.63, 3.8) is 0 Å². The van der Waals surface area contributed by atoms with E-state index in [1.54, 1.807) is 20.8 Å². The molecule has 208 valence electrons. The highest BCUT2D eigenvalue weighted by atomic mass is 35.5. The summed E-state index contributed by atoms with van der Waals surface area (Å²) in [7, 11) is 2.37. The second kappa shape index (κ2) is 24.1. The Balaban J connectivity index is -0.000000199. The van der Waals surface area contributed by atoms with Crippen LogP contribution in [0.5, 0.6) is 0 Å². The number of carboxylic acids is 1. The van der Waals surface area contributed by atoms with Crippen molar-refractivity contribution in [3.8, 4) is 0 Å². The SMILES string of the molecule is CC/C(C)=C(\C)C(=O)Cl.CC/C(C)=C(\C)C(=O)O.CC/C(C)=C(\C)C(=O)OC(=O)OC.COC(=O)Cl. The van der Waals surface area contributed by atoms with Crippen LogP contribution in [0.15, 0.2) is 33.4 Å². The van der Waals surface area contributed by atoms with Crippen molar-refractivity contribution >= 4 is 52.0 Å². The standard InChI is InChI=1S/C9H14O4.C7H11ClO.C7H12O2.C2H3ClO2/c1-5-6(2)7(3)8(10)13-9(11)12-4;2*1-4-5(2)6(3)7(8)9;1-5-2(3)4/h5H2,1-4H3;4H2,1-3H3;4H2,1-3H3,(H,8,9);1H3/b7-6+;2*6-5+;. The summed E-state index contributed by atoms with van der Waals surface area (Å²) in [4.78, 5) is 51.7. The smallest absolute Gasteiger partial charge is 0.478 e. The third-order valence-corrected chi connectivity index (χ3v) is 5.37. The van der Waals surface area contributed by atoms with E-state index in [-0.39, 0.29) is 5.24 Å². The zero-order valence-electron chi connectivity index (χ0n) is 23.1. The van der Waals surface area contributed by atoms with Crippen molar-refractivity contribution in [1.82, 2.24) is 0 Å². The van der Waals surface area contributed by atoms with Gasteiger partial charge in [-0.1, -0.05) is 37.5 Å². The number of carbonyl (C=O) groups is 5. The highest BCUT2D eigenvalue weighted by molar-refractivity contribution is 6.67. The fraction of sp³-hybridized carbons (Fsp3) is 0.560. The largest absolute Gasteiger partial charge is 0.516 e. The van der Waals surface area contributed by atoms with Crippen molar-refractivity contribution < 1.29 is 43.3 Å². The first-order valence-electron chi connectivity index (χ1n) is 10.9. The van der Waals surface area contributed by atoms with Gasteiger partial charge in [0.15, 0.2) is 0 Å². The zero-order chi connectivity index (χ0) is 29.6. The van der Waals surface area contributed by atoms with Crippen LogP contribution in [-0.4, -0.2) is 48.1 Å². The number of aliphatic carboxylic acids is 1. The molecule has 0 spiro atoms. The molecule has 0 aromatic carbocycles. The maximum absolute atomic E-state index is 11.1. The van der Waals surface area contributed by atoms with Gasteiger partial charge in [-0.3, -0.25) is 4.79 Å².